The lowest BCUT2D eigenvalue weighted by Crippen LogP contribution is -2.45. The number of carbonyl (C=O) groups excluding carboxylic acids is 3. The molecule has 7 rings (SSSR count). The Labute approximate surface area is 187 Å². The van der Waals surface area contributed by atoms with E-state index in [0.29, 0.717) is 17.4 Å². The first kappa shape index (κ1) is 19.5. The lowest BCUT2D eigenvalue weighted by Gasteiger charge is -2.37. The number of hydrogen-bond donors (Lipinski definition) is 0. The molecule has 0 aromatic heterocycles. The highest BCUT2D eigenvalue weighted by Crippen LogP contribution is 2.65. The summed E-state index contributed by atoms with van der Waals surface area (Å²) in [5.41, 5.74) is 3.30. The maximum Gasteiger partial charge on any atom is 0.259 e. The molecule has 1 saturated heterocycles. The first-order valence-electron chi connectivity index (χ1n) is 11.4. The van der Waals surface area contributed by atoms with Crippen molar-refractivity contribution in [1.29, 1.82) is 0 Å². The number of imide groups is 1. The molecule has 5 heteroatoms. The molecule has 0 radical (unpaired) electrons. The van der Waals surface area contributed by atoms with E-state index in [4.69, 9.17) is 0 Å². The predicted molar refractivity (Wildman–Crippen MR) is 121 cm³/mol. The van der Waals surface area contributed by atoms with Gasteiger partial charge in [-0.1, -0.05) is 42.5 Å². The van der Waals surface area contributed by atoms with Crippen LogP contribution in [0.15, 0.2) is 60.7 Å². The number of likely N-dealkylation sites (tertiary alicyclic amines) is 1. The van der Waals surface area contributed by atoms with E-state index in [1.807, 2.05) is 50.2 Å². The van der Waals surface area contributed by atoms with Gasteiger partial charge in [0.1, 0.15) is 6.67 Å². The number of allylic oxidation sites excluding steroid dienone is 2. The fourth-order valence-electron chi connectivity index (χ4n) is 6.31. The van der Waals surface area contributed by atoms with E-state index in [-0.39, 0.29) is 48.1 Å². The normalized spacial score (nSPS) is 31.5. The summed E-state index contributed by atoms with van der Waals surface area (Å²) in [7, 11) is 0. The molecule has 2 aromatic carbocycles. The standard InChI is InChI=1S/C27H26N2O3/c1-15-7-6-10-22(16(15)2)28(25(30)17-8-4-3-5-9-17)14-29-26(31)23-18-11-12-19(21-13-20(18)21)24(23)27(29)32/h3-12,18-21,23-24H,13-14H2,1-2H3/t18-,19+,20-,21-,23+,24-/m1/s1. The Hall–Kier alpha value is -3.21. The second-order valence-corrected chi connectivity index (χ2v) is 9.72. The highest BCUT2D eigenvalue weighted by Gasteiger charge is 2.67. The van der Waals surface area contributed by atoms with Gasteiger partial charge in [-0.2, -0.15) is 0 Å². The molecule has 1 aliphatic heterocycles. The van der Waals surface area contributed by atoms with Gasteiger partial charge in [0.25, 0.3) is 5.91 Å². The fraction of sp³-hybridized carbons (Fsp3) is 0.370. The first-order chi connectivity index (χ1) is 15.5. The largest absolute Gasteiger partial charge is 0.289 e. The van der Waals surface area contributed by atoms with Crippen LogP contribution in [0.25, 0.3) is 0 Å². The lowest BCUT2D eigenvalue weighted by atomic mass is 9.63. The average molecular weight is 427 g/mol. The van der Waals surface area contributed by atoms with Crippen molar-refractivity contribution in [3.05, 3.63) is 77.4 Å². The number of anilines is 1. The molecule has 0 unspecified atom stereocenters. The lowest BCUT2D eigenvalue weighted by molar-refractivity contribution is -0.140. The van der Waals surface area contributed by atoms with E-state index >= 15 is 0 Å². The predicted octanol–water partition coefficient (Wildman–Crippen LogP) is 3.96. The summed E-state index contributed by atoms with van der Waals surface area (Å²) in [5.74, 6) is 0.529. The third kappa shape index (κ3) is 2.66. The summed E-state index contributed by atoms with van der Waals surface area (Å²) in [4.78, 5) is 43.6. The zero-order chi connectivity index (χ0) is 22.1. The van der Waals surface area contributed by atoms with Crippen LogP contribution in [0.5, 0.6) is 0 Å². The molecular weight excluding hydrogens is 400 g/mol. The Kier molecular flexibility index (Phi) is 4.19. The van der Waals surface area contributed by atoms with Crippen molar-refractivity contribution in [2.24, 2.45) is 35.5 Å². The van der Waals surface area contributed by atoms with Gasteiger partial charge < -0.3 is 0 Å². The minimum Gasteiger partial charge on any atom is -0.289 e. The third-order valence-corrected chi connectivity index (χ3v) is 8.17. The van der Waals surface area contributed by atoms with Crippen LogP contribution in [-0.4, -0.2) is 29.3 Å². The number of hydrogen-bond acceptors (Lipinski definition) is 3. The zero-order valence-electron chi connectivity index (χ0n) is 18.3. The Morgan fingerprint density at radius 3 is 2.16 bits per heavy atom. The molecule has 2 bridgehead atoms. The van der Waals surface area contributed by atoms with E-state index < -0.39 is 0 Å². The van der Waals surface area contributed by atoms with Crippen LogP contribution in [0.3, 0.4) is 0 Å². The third-order valence-electron chi connectivity index (χ3n) is 8.17. The summed E-state index contributed by atoms with van der Waals surface area (Å²) in [6.45, 7) is 3.93. The first-order valence-corrected chi connectivity index (χ1v) is 11.4. The van der Waals surface area contributed by atoms with E-state index in [9.17, 15) is 14.4 Å². The van der Waals surface area contributed by atoms with Crippen LogP contribution in [0.4, 0.5) is 5.69 Å². The summed E-state index contributed by atoms with van der Waals surface area (Å²) in [6, 6.07) is 14.9. The molecule has 3 fully saturated rings. The van der Waals surface area contributed by atoms with Crippen molar-refractivity contribution in [2.75, 3.05) is 11.6 Å². The molecule has 32 heavy (non-hydrogen) atoms. The Morgan fingerprint density at radius 2 is 1.53 bits per heavy atom. The van der Waals surface area contributed by atoms with E-state index in [0.717, 1.165) is 23.2 Å². The summed E-state index contributed by atoms with van der Waals surface area (Å²) in [5, 5.41) is 0. The van der Waals surface area contributed by atoms with Crippen molar-refractivity contribution >= 4 is 23.4 Å². The van der Waals surface area contributed by atoms with Crippen molar-refractivity contribution in [2.45, 2.75) is 20.3 Å². The van der Waals surface area contributed by atoms with Gasteiger partial charge in [0, 0.05) is 11.3 Å². The van der Waals surface area contributed by atoms with Crippen LogP contribution >= 0.6 is 0 Å². The maximum atomic E-state index is 13.6. The van der Waals surface area contributed by atoms with Gasteiger partial charge in [-0.3, -0.25) is 24.2 Å². The molecule has 162 valence electrons. The van der Waals surface area contributed by atoms with E-state index in [2.05, 4.69) is 12.2 Å². The highest BCUT2D eigenvalue weighted by molar-refractivity contribution is 6.10. The second-order valence-electron chi connectivity index (χ2n) is 9.72. The van der Waals surface area contributed by atoms with Crippen LogP contribution in [-0.2, 0) is 9.59 Å². The number of rotatable bonds is 4. The molecule has 2 aromatic rings. The molecule has 0 spiro atoms. The van der Waals surface area contributed by atoms with E-state index in [1.54, 1.807) is 17.0 Å². The maximum absolute atomic E-state index is 13.6. The van der Waals surface area contributed by atoms with Crippen molar-refractivity contribution in [3.8, 4) is 0 Å². The molecule has 0 N–H and O–H groups in total. The van der Waals surface area contributed by atoms with Crippen LogP contribution < -0.4 is 4.90 Å². The topological polar surface area (TPSA) is 57.7 Å². The van der Waals surface area contributed by atoms with Gasteiger partial charge >= 0.3 is 0 Å². The van der Waals surface area contributed by atoms with Crippen LogP contribution in [0.1, 0.15) is 27.9 Å². The quantitative estimate of drug-likeness (QED) is 0.549. The van der Waals surface area contributed by atoms with Gasteiger partial charge in [0.15, 0.2) is 0 Å². The van der Waals surface area contributed by atoms with Gasteiger partial charge in [0.2, 0.25) is 11.8 Å². The van der Waals surface area contributed by atoms with E-state index in [1.165, 1.54) is 4.90 Å². The van der Waals surface area contributed by atoms with Crippen molar-refractivity contribution in [1.82, 2.24) is 4.90 Å². The minimum absolute atomic E-state index is 0.0442. The van der Waals surface area contributed by atoms with Gasteiger partial charge in [-0.25, -0.2) is 0 Å². The zero-order valence-corrected chi connectivity index (χ0v) is 18.3. The monoisotopic (exact) mass is 426 g/mol. The average Bonchev–Trinajstić information content (AvgIpc) is 3.60. The smallest absolute Gasteiger partial charge is 0.259 e. The second kappa shape index (κ2) is 6.89. The van der Waals surface area contributed by atoms with Crippen LogP contribution in [0.2, 0.25) is 0 Å². The summed E-state index contributed by atoms with van der Waals surface area (Å²) in [6.07, 6.45) is 5.48. The summed E-state index contributed by atoms with van der Waals surface area (Å²) >= 11 is 0. The number of amides is 3. The Bertz CT molecular complexity index is 1130. The summed E-state index contributed by atoms with van der Waals surface area (Å²) < 4.78 is 0. The molecule has 2 saturated carbocycles. The minimum atomic E-state index is -0.256. The number of carbonyl (C=O) groups is 3. The number of aryl methyl sites for hydroxylation is 1. The molecule has 5 aliphatic rings. The number of nitrogens with zero attached hydrogens (tertiary/aromatic N) is 2. The fourth-order valence-corrected chi connectivity index (χ4v) is 6.31. The molecule has 5 nitrogen and oxygen atoms in total. The molecule has 1 heterocycles. The van der Waals surface area contributed by atoms with Crippen molar-refractivity contribution in [3.63, 3.8) is 0 Å². The molecule has 3 amide bonds. The Balaban J connectivity index is 1.37. The SMILES string of the molecule is Cc1cccc(N(CN2C(=O)[C@@H]3[C@H]4C=C[C@H]([C@H]5C[C@H]45)[C@@H]3C2=O)C(=O)c2ccccc2)c1C. The number of benzene rings is 2. The molecule has 6 atom stereocenters. The van der Waals surface area contributed by atoms with Crippen LogP contribution in [0, 0.1) is 49.4 Å². The van der Waals surface area contributed by atoms with Crippen molar-refractivity contribution < 1.29 is 14.4 Å². The Morgan fingerprint density at radius 1 is 0.906 bits per heavy atom. The highest BCUT2D eigenvalue weighted by atomic mass is 16.2. The van der Waals surface area contributed by atoms with Gasteiger partial charge in [-0.15, -0.1) is 0 Å². The van der Waals surface area contributed by atoms with Gasteiger partial charge in [-0.05, 0) is 73.3 Å². The van der Waals surface area contributed by atoms with Gasteiger partial charge in [0.05, 0.1) is 11.8 Å². The molecular formula is C27H26N2O3. The molecule has 4 aliphatic carbocycles.